The summed E-state index contributed by atoms with van der Waals surface area (Å²) in [5.41, 5.74) is 0.979. The van der Waals surface area contributed by atoms with E-state index in [9.17, 15) is 14.0 Å². The van der Waals surface area contributed by atoms with Crippen LogP contribution >= 0.6 is 0 Å². The Morgan fingerprint density at radius 2 is 2.00 bits per heavy atom. The predicted octanol–water partition coefficient (Wildman–Crippen LogP) is 2.25. The maximum absolute atomic E-state index is 13.8. The first-order valence-electron chi connectivity index (χ1n) is 8.80. The van der Waals surface area contributed by atoms with Gasteiger partial charge in [0, 0.05) is 25.7 Å². The van der Waals surface area contributed by atoms with Crippen LogP contribution in [0.2, 0.25) is 0 Å². The number of carbonyl (C=O) groups is 2. The van der Waals surface area contributed by atoms with Crippen molar-refractivity contribution in [3.8, 4) is 0 Å². The zero-order valence-electron chi connectivity index (χ0n) is 14.9. The number of piperidine rings is 1. The second-order valence-electron chi connectivity index (χ2n) is 6.48. The number of anilines is 1. The Balaban J connectivity index is 1.72. The van der Waals surface area contributed by atoms with Crippen molar-refractivity contribution in [2.24, 2.45) is 0 Å². The number of urea groups is 1. The maximum atomic E-state index is 13.8. The molecule has 1 aliphatic rings. The summed E-state index contributed by atoms with van der Waals surface area (Å²) in [4.78, 5) is 25.8. The van der Waals surface area contributed by atoms with Gasteiger partial charge < -0.3 is 16.0 Å². The minimum Gasteiger partial charge on any atom is -0.355 e. The molecule has 3 N–H and O–H groups in total. The highest BCUT2D eigenvalue weighted by atomic mass is 19.1. The lowest BCUT2D eigenvalue weighted by Gasteiger charge is -2.31. The zero-order chi connectivity index (χ0) is 18.2. The van der Waals surface area contributed by atoms with Crippen molar-refractivity contribution in [2.45, 2.75) is 39.2 Å². The van der Waals surface area contributed by atoms with Crippen molar-refractivity contribution < 1.29 is 14.0 Å². The van der Waals surface area contributed by atoms with E-state index in [4.69, 9.17) is 0 Å². The van der Waals surface area contributed by atoms with Crippen LogP contribution in [0.1, 0.15) is 31.7 Å². The lowest BCUT2D eigenvalue weighted by Crippen LogP contribution is -2.48. The number of nitrogens with zero attached hydrogens (tertiary/aromatic N) is 1. The molecule has 0 aliphatic carbocycles. The molecule has 25 heavy (non-hydrogen) atoms. The molecule has 7 heteroatoms. The van der Waals surface area contributed by atoms with Gasteiger partial charge >= 0.3 is 6.03 Å². The number of likely N-dealkylation sites (tertiary alicyclic amines) is 1. The zero-order valence-corrected chi connectivity index (χ0v) is 14.9. The van der Waals surface area contributed by atoms with E-state index < -0.39 is 11.8 Å². The molecule has 0 radical (unpaired) electrons. The van der Waals surface area contributed by atoms with Gasteiger partial charge in [-0.15, -0.1) is 0 Å². The van der Waals surface area contributed by atoms with E-state index in [0.29, 0.717) is 13.1 Å². The molecule has 0 aromatic heterocycles. The van der Waals surface area contributed by atoms with Crippen LogP contribution in [0.3, 0.4) is 0 Å². The Morgan fingerprint density at radius 3 is 2.64 bits per heavy atom. The number of nitrogens with one attached hydrogen (secondary N) is 3. The Labute approximate surface area is 148 Å². The Kier molecular flexibility index (Phi) is 7.18. The molecule has 0 bridgehead atoms. The Hall–Kier alpha value is -2.15. The van der Waals surface area contributed by atoms with Gasteiger partial charge in [-0.3, -0.25) is 9.69 Å². The van der Waals surface area contributed by atoms with Gasteiger partial charge in [0.15, 0.2) is 0 Å². The van der Waals surface area contributed by atoms with Gasteiger partial charge in [-0.1, -0.05) is 13.0 Å². The van der Waals surface area contributed by atoms with Crippen LogP contribution < -0.4 is 16.0 Å². The maximum Gasteiger partial charge on any atom is 0.319 e. The molecule has 3 amide bonds. The summed E-state index contributed by atoms with van der Waals surface area (Å²) >= 11 is 0. The number of aryl methyl sites for hydroxylation is 1. The molecule has 0 atom stereocenters. The van der Waals surface area contributed by atoms with Gasteiger partial charge in [0.05, 0.1) is 12.2 Å². The highest BCUT2D eigenvalue weighted by Gasteiger charge is 2.22. The molecule has 1 aromatic carbocycles. The summed E-state index contributed by atoms with van der Waals surface area (Å²) < 4.78 is 13.8. The normalized spacial score (nSPS) is 15.6. The number of carbonyl (C=O) groups excluding carboxylic acids is 2. The van der Waals surface area contributed by atoms with E-state index in [2.05, 4.69) is 20.9 Å². The van der Waals surface area contributed by atoms with Crippen molar-refractivity contribution in [2.75, 3.05) is 31.5 Å². The number of hydrogen-bond donors (Lipinski definition) is 3. The molecule has 1 aromatic rings. The average molecular weight is 350 g/mol. The molecule has 6 nitrogen and oxygen atoms in total. The van der Waals surface area contributed by atoms with Crippen molar-refractivity contribution in [1.29, 1.82) is 0 Å². The Morgan fingerprint density at radius 1 is 1.28 bits per heavy atom. The molecule has 1 aliphatic heterocycles. The van der Waals surface area contributed by atoms with Crippen LogP contribution in [0.15, 0.2) is 18.2 Å². The summed E-state index contributed by atoms with van der Waals surface area (Å²) in [6.07, 6.45) is 2.46. The monoisotopic (exact) mass is 350 g/mol. The van der Waals surface area contributed by atoms with E-state index in [1.54, 1.807) is 19.1 Å². The molecule has 1 heterocycles. The number of halogens is 1. The molecular weight excluding hydrogens is 323 g/mol. The SMILES string of the molecule is CCCNC(=O)CN1CCC(NC(=O)Nc2ccc(C)cc2F)CC1. The summed E-state index contributed by atoms with van der Waals surface area (Å²) in [5.74, 6) is -0.399. The van der Waals surface area contributed by atoms with Gasteiger partial charge in [-0.2, -0.15) is 0 Å². The third kappa shape index (κ3) is 6.34. The Bertz CT molecular complexity index is 601. The van der Waals surface area contributed by atoms with Crippen molar-refractivity contribution in [3.05, 3.63) is 29.6 Å². The van der Waals surface area contributed by atoms with Crippen molar-refractivity contribution in [1.82, 2.24) is 15.5 Å². The highest BCUT2D eigenvalue weighted by Crippen LogP contribution is 2.15. The van der Waals surface area contributed by atoms with E-state index in [1.807, 2.05) is 6.92 Å². The number of benzene rings is 1. The van der Waals surface area contributed by atoms with Crippen molar-refractivity contribution >= 4 is 17.6 Å². The van der Waals surface area contributed by atoms with E-state index in [1.165, 1.54) is 6.07 Å². The first-order valence-corrected chi connectivity index (χ1v) is 8.80. The summed E-state index contributed by atoms with van der Waals surface area (Å²) in [6, 6.07) is 4.32. The van der Waals surface area contributed by atoms with Crippen LogP contribution in [0.4, 0.5) is 14.9 Å². The smallest absolute Gasteiger partial charge is 0.319 e. The molecule has 0 spiro atoms. The fraction of sp³-hybridized carbons (Fsp3) is 0.556. The van der Waals surface area contributed by atoms with Gasteiger partial charge in [-0.05, 0) is 43.9 Å². The molecule has 2 rings (SSSR count). The lowest BCUT2D eigenvalue weighted by molar-refractivity contribution is -0.122. The van der Waals surface area contributed by atoms with E-state index >= 15 is 0 Å². The quantitative estimate of drug-likeness (QED) is 0.737. The van der Waals surface area contributed by atoms with Crippen LogP contribution in [0.5, 0.6) is 0 Å². The van der Waals surface area contributed by atoms with Crippen LogP contribution in [-0.4, -0.2) is 49.1 Å². The largest absolute Gasteiger partial charge is 0.355 e. The fourth-order valence-electron chi connectivity index (χ4n) is 2.82. The molecule has 0 unspecified atom stereocenters. The highest BCUT2D eigenvalue weighted by molar-refractivity contribution is 5.89. The summed E-state index contributed by atoms with van der Waals surface area (Å²) in [5, 5.41) is 8.29. The average Bonchev–Trinajstić information content (AvgIpc) is 2.57. The number of rotatable bonds is 6. The van der Waals surface area contributed by atoms with Gasteiger partial charge in [-0.25, -0.2) is 9.18 Å². The summed E-state index contributed by atoms with van der Waals surface area (Å²) in [6.45, 7) is 6.42. The predicted molar refractivity (Wildman–Crippen MR) is 96.1 cm³/mol. The second-order valence-corrected chi connectivity index (χ2v) is 6.48. The fourth-order valence-corrected chi connectivity index (χ4v) is 2.82. The van der Waals surface area contributed by atoms with Crippen LogP contribution in [0, 0.1) is 12.7 Å². The van der Waals surface area contributed by atoms with Crippen LogP contribution in [-0.2, 0) is 4.79 Å². The molecule has 1 fully saturated rings. The number of hydrogen-bond acceptors (Lipinski definition) is 3. The second kappa shape index (κ2) is 9.36. The molecular formula is C18H27FN4O2. The van der Waals surface area contributed by atoms with E-state index in [-0.39, 0.29) is 17.6 Å². The topological polar surface area (TPSA) is 73.5 Å². The standard InChI is InChI=1S/C18H27FN4O2/c1-3-8-20-17(24)12-23-9-6-14(7-10-23)21-18(25)22-16-5-4-13(2)11-15(16)19/h4-5,11,14H,3,6-10,12H2,1-2H3,(H,20,24)(H2,21,22,25). The summed E-state index contributed by atoms with van der Waals surface area (Å²) in [7, 11) is 0. The lowest BCUT2D eigenvalue weighted by atomic mass is 10.1. The number of amides is 3. The van der Waals surface area contributed by atoms with Crippen molar-refractivity contribution in [3.63, 3.8) is 0 Å². The molecule has 0 saturated carbocycles. The minimum atomic E-state index is -0.442. The first-order chi connectivity index (χ1) is 12.0. The van der Waals surface area contributed by atoms with Gasteiger partial charge in [0.2, 0.25) is 5.91 Å². The minimum absolute atomic E-state index is 0.0310. The molecule has 1 saturated heterocycles. The van der Waals surface area contributed by atoms with E-state index in [0.717, 1.165) is 37.9 Å². The first kappa shape index (κ1) is 19.2. The molecule has 138 valence electrons. The third-order valence-electron chi connectivity index (χ3n) is 4.23. The van der Waals surface area contributed by atoms with Gasteiger partial charge in [0.1, 0.15) is 5.82 Å². The van der Waals surface area contributed by atoms with Crippen LogP contribution in [0.25, 0.3) is 0 Å². The van der Waals surface area contributed by atoms with Gasteiger partial charge in [0.25, 0.3) is 0 Å². The third-order valence-corrected chi connectivity index (χ3v) is 4.23.